The number of carbonyl (C=O) groups is 2. The molecule has 1 aliphatic rings. The minimum absolute atomic E-state index is 0.0869. The Hall–Kier alpha value is -1.10. The van der Waals surface area contributed by atoms with Gasteiger partial charge in [0.15, 0.2) is 0 Å². The number of quaternary nitrogens is 1. The normalized spacial score (nSPS) is 19.5. The Balaban J connectivity index is 2.31. The molecule has 5 nitrogen and oxygen atoms in total. The number of nitrogens with zero attached hydrogens (tertiary/aromatic N) is 2. The molecule has 1 unspecified atom stereocenters. The fourth-order valence-corrected chi connectivity index (χ4v) is 2.32. The van der Waals surface area contributed by atoms with Crippen molar-refractivity contribution in [1.29, 1.82) is 0 Å². The lowest BCUT2D eigenvalue weighted by Gasteiger charge is -2.25. The average molecular weight is 285 g/mol. The summed E-state index contributed by atoms with van der Waals surface area (Å²) >= 11 is 0. The number of hydrogen-bond donors (Lipinski definition) is 0. The lowest BCUT2D eigenvalue weighted by molar-refractivity contribution is -0.870. The quantitative estimate of drug-likeness (QED) is 0.383. The van der Waals surface area contributed by atoms with Crippen LogP contribution in [0.5, 0.6) is 0 Å². The van der Waals surface area contributed by atoms with Crippen molar-refractivity contribution in [2.45, 2.75) is 32.6 Å². The van der Waals surface area contributed by atoms with Gasteiger partial charge in [-0.15, -0.1) is 0 Å². The minimum Gasteiger partial charge on any atom is -0.465 e. The Morgan fingerprint density at radius 2 is 2.05 bits per heavy atom. The Morgan fingerprint density at radius 3 is 2.65 bits per heavy atom. The van der Waals surface area contributed by atoms with Crippen LogP contribution < -0.4 is 0 Å². The molecule has 1 atom stereocenters. The van der Waals surface area contributed by atoms with Crippen molar-refractivity contribution in [2.24, 2.45) is 5.92 Å². The second-order valence-electron chi connectivity index (χ2n) is 6.63. The fraction of sp³-hybridized carbons (Fsp3) is 0.867. The second kappa shape index (κ2) is 7.62. The molecule has 1 rings (SSSR count). The molecule has 0 aromatic carbocycles. The molecule has 20 heavy (non-hydrogen) atoms. The first-order valence-corrected chi connectivity index (χ1v) is 7.58. The van der Waals surface area contributed by atoms with Crippen LogP contribution >= 0.6 is 0 Å². The van der Waals surface area contributed by atoms with E-state index in [1.165, 1.54) is 0 Å². The molecular weight excluding hydrogens is 256 g/mol. The molecule has 1 aliphatic heterocycles. The standard InChI is InChI=1S/C15H29N2O3/c1-5-6-10-20-15(19)13-11-14(18)16(12-13)8-7-9-17(2,3)4/h13H,5-12H2,1-4H3/q+1. The van der Waals surface area contributed by atoms with Crippen LogP contribution in [-0.4, -0.2) is 68.6 Å². The predicted molar refractivity (Wildman–Crippen MR) is 78.1 cm³/mol. The van der Waals surface area contributed by atoms with E-state index in [-0.39, 0.29) is 17.8 Å². The number of rotatable bonds is 8. The highest BCUT2D eigenvalue weighted by atomic mass is 16.5. The third kappa shape index (κ3) is 5.90. The van der Waals surface area contributed by atoms with Crippen LogP contribution in [0.4, 0.5) is 0 Å². The van der Waals surface area contributed by atoms with Crippen molar-refractivity contribution in [3.63, 3.8) is 0 Å². The van der Waals surface area contributed by atoms with Gasteiger partial charge in [-0.25, -0.2) is 0 Å². The van der Waals surface area contributed by atoms with E-state index in [2.05, 4.69) is 28.1 Å². The fourth-order valence-electron chi connectivity index (χ4n) is 2.32. The maximum absolute atomic E-state index is 11.9. The SMILES string of the molecule is CCCCOC(=O)C1CC(=O)N(CCC[N+](C)(C)C)C1. The van der Waals surface area contributed by atoms with E-state index in [0.29, 0.717) is 19.6 Å². The molecule has 0 bridgehead atoms. The first-order chi connectivity index (χ1) is 9.33. The van der Waals surface area contributed by atoms with Crippen molar-refractivity contribution in [2.75, 3.05) is 47.4 Å². The van der Waals surface area contributed by atoms with Gasteiger partial charge in [-0.3, -0.25) is 9.59 Å². The van der Waals surface area contributed by atoms with Crippen LogP contribution in [0, 0.1) is 5.92 Å². The smallest absolute Gasteiger partial charge is 0.311 e. The number of esters is 1. The number of hydrogen-bond acceptors (Lipinski definition) is 3. The largest absolute Gasteiger partial charge is 0.465 e. The number of unbranched alkanes of at least 4 members (excludes halogenated alkanes) is 1. The van der Waals surface area contributed by atoms with Crippen LogP contribution in [-0.2, 0) is 14.3 Å². The maximum Gasteiger partial charge on any atom is 0.311 e. The number of ether oxygens (including phenoxy) is 1. The highest BCUT2D eigenvalue weighted by Crippen LogP contribution is 2.19. The minimum atomic E-state index is -0.261. The van der Waals surface area contributed by atoms with E-state index in [0.717, 1.165) is 36.8 Å². The van der Waals surface area contributed by atoms with Gasteiger partial charge in [-0.05, 0) is 6.42 Å². The zero-order valence-electron chi connectivity index (χ0n) is 13.4. The van der Waals surface area contributed by atoms with Gasteiger partial charge in [0.1, 0.15) is 0 Å². The maximum atomic E-state index is 11.9. The topological polar surface area (TPSA) is 46.6 Å². The monoisotopic (exact) mass is 285 g/mol. The van der Waals surface area contributed by atoms with Crippen molar-refractivity contribution < 1.29 is 18.8 Å². The van der Waals surface area contributed by atoms with E-state index in [1.54, 1.807) is 4.90 Å². The van der Waals surface area contributed by atoms with Gasteiger partial charge in [-0.2, -0.15) is 0 Å². The summed E-state index contributed by atoms with van der Waals surface area (Å²) in [4.78, 5) is 25.5. The summed E-state index contributed by atoms with van der Waals surface area (Å²) in [6.45, 7) is 4.83. The second-order valence-corrected chi connectivity index (χ2v) is 6.63. The Bertz CT molecular complexity index is 337. The summed E-state index contributed by atoms with van der Waals surface area (Å²) in [5, 5.41) is 0. The molecule has 0 radical (unpaired) electrons. The van der Waals surface area contributed by atoms with Gasteiger partial charge in [0, 0.05) is 25.9 Å². The first kappa shape index (κ1) is 17.0. The van der Waals surface area contributed by atoms with E-state index in [4.69, 9.17) is 4.74 Å². The van der Waals surface area contributed by atoms with Gasteiger partial charge in [-0.1, -0.05) is 13.3 Å². The molecule has 1 saturated heterocycles. The van der Waals surface area contributed by atoms with Gasteiger partial charge < -0.3 is 14.1 Å². The molecule has 116 valence electrons. The van der Waals surface area contributed by atoms with Crippen LogP contribution in [0.3, 0.4) is 0 Å². The zero-order chi connectivity index (χ0) is 15.2. The predicted octanol–water partition coefficient (Wildman–Crippen LogP) is 1.27. The highest BCUT2D eigenvalue weighted by Gasteiger charge is 2.35. The van der Waals surface area contributed by atoms with Crippen LogP contribution in [0.2, 0.25) is 0 Å². The third-order valence-corrected chi connectivity index (χ3v) is 3.55. The Labute approximate surface area is 122 Å². The van der Waals surface area contributed by atoms with E-state index in [1.807, 2.05) is 0 Å². The summed E-state index contributed by atoms with van der Waals surface area (Å²) in [7, 11) is 6.42. The summed E-state index contributed by atoms with van der Waals surface area (Å²) < 4.78 is 6.09. The van der Waals surface area contributed by atoms with Crippen molar-refractivity contribution >= 4 is 11.9 Å². The number of carbonyl (C=O) groups excluding carboxylic acids is 2. The van der Waals surface area contributed by atoms with Crippen LogP contribution in [0.25, 0.3) is 0 Å². The lowest BCUT2D eigenvalue weighted by Crippen LogP contribution is -2.38. The summed E-state index contributed by atoms with van der Waals surface area (Å²) in [5.41, 5.74) is 0. The van der Waals surface area contributed by atoms with Gasteiger partial charge >= 0.3 is 5.97 Å². The first-order valence-electron chi connectivity index (χ1n) is 7.58. The molecule has 1 heterocycles. The van der Waals surface area contributed by atoms with Gasteiger partial charge in [0.05, 0.1) is 40.2 Å². The summed E-state index contributed by atoms with van der Waals surface area (Å²) in [6, 6.07) is 0. The third-order valence-electron chi connectivity index (χ3n) is 3.55. The molecule has 0 spiro atoms. The van der Waals surface area contributed by atoms with E-state index < -0.39 is 0 Å². The molecular formula is C15H29N2O3+. The Morgan fingerprint density at radius 1 is 1.35 bits per heavy atom. The molecule has 0 aliphatic carbocycles. The summed E-state index contributed by atoms with van der Waals surface area (Å²) in [5.74, 6) is -0.381. The molecule has 1 fully saturated rings. The number of likely N-dealkylation sites (tertiary alicyclic amines) is 1. The highest BCUT2D eigenvalue weighted by molar-refractivity contribution is 5.86. The van der Waals surface area contributed by atoms with E-state index >= 15 is 0 Å². The molecule has 0 aromatic rings. The average Bonchev–Trinajstić information content (AvgIpc) is 2.70. The molecule has 5 heteroatoms. The summed E-state index contributed by atoms with van der Waals surface area (Å²) in [6.07, 6.45) is 3.18. The molecule has 0 N–H and O–H groups in total. The van der Waals surface area contributed by atoms with Crippen molar-refractivity contribution in [3.8, 4) is 0 Å². The van der Waals surface area contributed by atoms with Crippen molar-refractivity contribution in [3.05, 3.63) is 0 Å². The zero-order valence-corrected chi connectivity index (χ0v) is 13.4. The van der Waals surface area contributed by atoms with E-state index in [9.17, 15) is 9.59 Å². The van der Waals surface area contributed by atoms with Crippen LogP contribution in [0.1, 0.15) is 32.6 Å². The van der Waals surface area contributed by atoms with Gasteiger partial charge in [0.2, 0.25) is 5.91 Å². The van der Waals surface area contributed by atoms with Crippen LogP contribution in [0.15, 0.2) is 0 Å². The molecule has 0 saturated carbocycles. The van der Waals surface area contributed by atoms with Crippen molar-refractivity contribution in [1.82, 2.24) is 4.90 Å². The van der Waals surface area contributed by atoms with Gasteiger partial charge in [0.25, 0.3) is 0 Å². The molecule has 0 aromatic heterocycles. The lowest BCUT2D eigenvalue weighted by atomic mass is 10.1. The Kier molecular flexibility index (Phi) is 6.46. The number of amides is 1. The molecule has 1 amide bonds.